The van der Waals surface area contributed by atoms with E-state index < -0.39 is 20.2 Å². The first kappa shape index (κ1) is 42.4. The summed E-state index contributed by atoms with van der Waals surface area (Å²) in [6.07, 6.45) is 3.45. The van der Waals surface area contributed by atoms with Crippen LogP contribution in [0.1, 0.15) is 39.0 Å². The first-order valence-corrected chi connectivity index (χ1v) is 14.5. The van der Waals surface area contributed by atoms with Crippen LogP contribution in [0.2, 0.25) is 0 Å². The van der Waals surface area contributed by atoms with E-state index in [1.54, 1.807) is 0 Å². The van der Waals surface area contributed by atoms with E-state index in [0.29, 0.717) is 25.1 Å². The summed E-state index contributed by atoms with van der Waals surface area (Å²) in [5.74, 6) is 0.163. The molecule has 6 nitrogen and oxygen atoms in total. The Morgan fingerprint density at radius 2 is 1.06 bits per heavy atom. The van der Waals surface area contributed by atoms with E-state index in [-0.39, 0.29) is 83.0 Å². The number of alkyl halides is 1. The van der Waals surface area contributed by atoms with Crippen molar-refractivity contribution in [2.45, 2.75) is 39.0 Å². The van der Waals surface area contributed by atoms with Gasteiger partial charge >= 0.3 is 59.1 Å². The smallest absolute Gasteiger partial charge is 1.00 e. The van der Waals surface area contributed by atoms with Crippen LogP contribution in [0.3, 0.4) is 0 Å². The van der Waals surface area contributed by atoms with Gasteiger partial charge in [-0.1, -0.05) is 80.4 Å². The molecule has 0 bridgehead atoms. The van der Waals surface area contributed by atoms with Crippen LogP contribution < -0.4 is 82.1 Å². The van der Waals surface area contributed by atoms with Crippen molar-refractivity contribution >= 4 is 51.0 Å². The summed E-state index contributed by atoms with van der Waals surface area (Å²) in [7, 11) is -6.17. The van der Waals surface area contributed by atoms with Gasteiger partial charge in [-0.05, 0) is 19.3 Å². The molecule has 0 unspecified atom stereocenters. The molecule has 0 heterocycles. The molecule has 0 aliphatic carbocycles. The fraction of sp³-hybridized carbons (Fsp3) is 0.429. The molecular formula is C21H31Cl2Na2O6PS2. The summed E-state index contributed by atoms with van der Waals surface area (Å²) in [6.45, 7) is 1.98. The second-order valence-corrected chi connectivity index (χ2v) is 11.2. The van der Waals surface area contributed by atoms with Gasteiger partial charge in [0, 0.05) is 5.88 Å². The van der Waals surface area contributed by atoms with Gasteiger partial charge in [-0.15, -0.1) is 11.6 Å². The molecule has 0 spiro atoms. The van der Waals surface area contributed by atoms with Crippen LogP contribution in [0.5, 0.6) is 0 Å². The normalized spacial score (nSPS) is 10.0. The van der Waals surface area contributed by atoms with Crippen LogP contribution in [0.15, 0.2) is 60.7 Å². The molecule has 0 aliphatic heterocycles. The third-order valence-electron chi connectivity index (χ3n) is 3.56. The van der Waals surface area contributed by atoms with Gasteiger partial charge in [0.25, 0.3) is 20.2 Å². The minimum absolute atomic E-state index is 0. The molecule has 0 saturated heterocycles. The van der Waals surface area contributed by atoms with Crippen LogP contribution >= 0.6 is 20.2 Å². The van der Waals surface area contributed by atoms with Crippen molar-refractivity contribution in [2.24, 2.45) is 0 Å². The Labute approximate surface area is 262 Å². The fourth-order valence-corrected chi connectivity index (χ4v) is 4.33. The maximum Gasteiger partial charge on any atom is 1.00 e. The van der Waals surface area contributed by atoms with E-state index in [1.807, 2.05) is 19.1 Å². The summed E-state index contributed by atoms with van der Waals surface area (Å²) in [6, 6.07) is 21.0. The van der Waals surface area contributed by atoms with Crippen molar-refractivity contribution < 1.29 is 97.5 Å². The van der Waals surface area contributed by atoms with E-state index in [4.69, 9.17) is 20.7 Å². The maximum absolute atomic E-state index is 10.1. The van der Waals surface area contributed by atoms with Crippen LogP contribution in [-0.2, 0) is 20.2 Å². The molecule has 0 saturated carbocycles. The molecular weight excluding hydrogens is 560 g/mol. The number of hydrogen-bond acceptors (Lipinski definition) is 4. The van der Waals surface area contributed by atoms with Crippen molar-refractivity contribution in [3.8, 4) is 0 Å². The Morgan fingerprint density at radius 3 is 1.35 bits per heavy atom. The van der Waals surface area contributed by atoms with Gasteiger partial charge in [-0.3, -0.25) is 9.11 Å². The molecule has 34 heavy (non-hydrogen) atoms. The van der Waals surface area contributed by atoms with Gasteiger partial charge in [0.2, 0.25) is 0 Å². The zero-order valence-electron chi connectivity index (χ0n) is 20.0. The van der Waals surface area contributed by atoms with Gasteiger partial charge in [0.05, 0.1) is 11.5 Å². The van der Waals surface area contributed by atoms with Gasteiger partial charge < -0.3 is 21.0 Å². The van der Waals surface area contributed by atoms with Gasteiger partial charge in [0.1, 0.15) is 0 Å². The Bertz CT molecular complexity index is 832. The molecule has 184 valence electrons. The van der Waals surface area contributed by atoms with E-state index in [2.05, 4.69) is 48.5 Å². The minimum atomic E-state index is -3.76. The first-order chi connectivity index (χ1) is 14.6. The second kappa shape index (κ2) is 25.9. The molecule has 0 aromatic heterocycles. The molecule has 2 aromatic rings. The van der Waals surface area contributed by atoms with E-state index in [0.717, 1.165) is 12.8 Å². The SMILES string of the molecule is CCCCCS(=O)(=O)O.O=S(=O)(O)CCCCCl.[Cl-].[Na+].[Na+].c1ccc([P-]c2ccccc2)cc1. The quantitative estimate of drug-likeness (QED) is 0.0950. The molecule has 2 rings (SSSR count). The summed E-state index contributed by atoms with van der Waals surface area (Å²) >= 11 is 5.25. The topological polar surface area (TPSA) is 109 Å². The van der Waals surface area contributed by atoms with Crippen molar-refractivity contribution in [3.05, 3.63) is 60.7 Å². The summed E-state index contributed by atoms with van der Waals surface area (Å²) in [4.78, 5) is 0. The maximum atomic E-state index is 10.1. The Kier molecular flexibility index (Phi) is 32.3. The Hall–Kier alpha value is 1.27. The number of benzene rings is 2. The third-order valence-corrected chi connectivity index (χ3v) is 6.55. The van der Waals surface area contributed by atoms with E-state index >= 15 is 0 Å². The second-order valence-electron chi connectivity index (χ2n) is 6.46. The standard InChI is InChI=1S/C12H10P.C5H12O3S.C4H9ClO3S.ClH.2Na/c1-3-7-11(8-4-1)13-12-9-5-2-6-10-12;1-2-3-4-5-9(6,7)8;5-3-1-2-4-9(6,7)8;;;/h1-10H;2-5H2,1H3,(H,6,7,8);1-4H2,(H,6,7,8);1H;;/q-1;;;;2*+1/p-1. The fourth-order valence-electron chi connectivity index (χ4n) is 2.07. The largest absolute Gasteiger partial charge is 1.00 e. The van der Waals surface area contributed by atoms with Gasteiger partial charge in [0.15, 0.2) is 0 Å². The van der Waals surface area contributed by atoms with Gasteiger partial charge in [-0.25, -0.2) is 10.6 Å². The zero-order chi connectivity index (χ0) is 23.6. The monoisotopic (exact) mass is 590 g/mol. The molecule has 2 aromatic carbocycles. The average molecular weight is 591 g/mol. The van der Waals surface area contributed by atoms with Crippen LogP contribution in [0.25, 0.3) is 0 Å². The van der Waals surface area contributed by atoms with E-state index in [1.165, 1.54) is 19.2 Å². The molecule has 13 heteroatoms. The Balaban J connectivity index is -0.000000196. The van der Waals surface area contributed by atoms with Crippen LogP contribution in [0.4, 0.5) is 0 Å². The molecule has 0 fully saturated rings. The van der Waals surface area contributed by atoms with Crippen molar-refractivity contribution in [3.63, 3.8) is 0 Å². The molecule has 2 N–H and O–H groups in total. The average Bonchev–Trinajstić information content (AvgIpc) is 2.69. The predicted octanol–water partition coefficient (Wildman–Crippen LogP) is -4.45. The molecule has 0 radical (unpaired) electrons. The van der Waals surface area contributed by atoms with Crippen molar-refractivity contribution in [1.29, 1.82) is 0 Å². The summed E-state index contributed by atoms with van der Waals surface area (Å²) in [5.41, 5.74) is 0. The minimum Gasteiger partial charge on any atom is -1.00 e. The summed E-state index contributed by atoms with van der Waals surface area (Å²) < 4.78 is 56.6. The predicted molar refractivity (Wildman–Crippen MR) is 131 cm³/mol. The third kappa shape index (κ3) is 31.3. The molecule has 0 amide bonds. The number of hydrogen-bond donors (Lipinski definition) is 2. The number of unbranched alkanes of at least 4 members (excludes halogenated alkanes) is 3. The zero-order valence-corrected chi connectivity index (χ0v) is 28.0. The van der Waals surface area contributed by atoms with Gasteiger partial charge in [-0.2, -0.15) is 16.8 Å². The number of halogens is 2. The molecule has 0 atom stereocenters. The summed E-state index contributed by atoms with van der Waals surface area (Å²) in [5, 5.41) is 2.68. The van der Waals surface area contributed by atoms with E-state index in [9.17, 15) is 16.8 Å². The Morgan fingerprint density at radius 1 is 0.706 bits per heavy atom. The number of rotatable bonds is 10. The van der Waals surface area contributed by atoms with Crippen LogP contribution in [-0.4, -0.2) is 43.3 Å². The van der Waals surface area contributed by atoms with Crippen LogP contribution in [0, 0.1) is 0 Å². The molecule has 0 aliphatic rings. The first-order valence-electron chi connectivity index (χ1n) is 9.85. The van der Waals surface area contributed by atoms with Crippen molar-refractivity contribution in [2.75, 3.05) is 17.4 Å². The van der Waals surface area contributed by atoms with Crippen molar-refractivity contribution in [1.82, 2.24) is 0 Å².